The first-order valence-corrected chi connectivity index (χ1v) is 8.66. The number of carbonyl (C=O) groups is 1. The van der Waals surface area contributed by atoms with E-state index in [4.69, 9.17) is 9.84 Å². The summed E-state index contributed by atoms with van der Waals surface area (Å²) < 4.78 is 8.73. The standard InChI is InChI=1S/C20H24N4O2/c1-15-7-4-8-16(13-15)24-19(20(25)21-10-6-12-26-3)14-17(22-24)18-9-5-11-23(18)2/h4-5,7-9,11,13-14H,6,10,12H2,1-3H3,(H,21,25). The minimum atomic E-state index is -0.143. The Kier molecular flexibility index (Phi) is 5.53. The third-order valence-electron chi connectivity index (χ3n) is 4.21. The molecular formula is C20H24N4O2. The number of ether oxygens (including phenoxy) is 1. The number of amides is 1. The van der Waals surface area contributed by atoms with Gasteiger partial charge in [-0.05, 0) is 49.2 Å². The molecule has 0 saturated carbocycles. The molecule has 136 valence electrons. The van der Waals surface area contributed by atoms with E-state index in [-0.39, 0.29) is 5.91 Å². The van der Waals surface area contributed by atoms with Crippen molar-refractivity contribution in [1.29, 1.82) is 0 Å². The third kappa shape index (κ3) is 3.86. The summed E-state index contributed by atoms with van der Waals surface area (Å²) in [7, 11) is 3.62. The zero-order valence-electron chi connectivity index (χ0n) is 15.4. The molecule has 0 fully saturated rings. The highest BCUT2D eigenvalue weighted by Crippen LogP contribution is 2.22. The van der Waals surface area contributed by atoms with E-state index in [0.717, 1.165) is 29.1 Å². The Morgan fingerprint density at radius 3 is 2.77 bits per heavy atom. The summed E-state index contributed by atoms with van der Waals surface area (Å²) in [6.07, 6.45) is 2.73. The number of methoxy groups -OCH3 is 1. The molecule has 0 aliphatic rings. The first kappa shape index (κ1) is 17.9. The first-order valence-electron chi connectivity index (χ1n) is 8.66. The minimum absolute atomic E-state index is 0.143. The summed E-state index contributed by atoms with van der Waals surface area (Å²) in [5.74, 6) is -0.143. The van der Waals surface area contributed by atoms with E-state index in [2.05, 4.69) is 5.32 Å². The van der Waals surface area contributed by atoms with Crippen LogP contribution in [0.3, 0.4) is 0 Å². The third-order valence-corrected chi connectivity index (χ3v) is 4.21. The Labute approximate surface area is 153 Å². The van der Waals surface area contributed by atoms with Crippen molar-refractivity contribution in [3.8, 4) is 17.1 Å². The largest absolute Gasteiger partial charge is 0.385 e. The van der Waals surface area contributed by atoms with Crippen LogP contribution in [-0.4, -0.2) is 40.5 Å². The summed E-state index contributed by atoms with van der Waals surface area (Å²) in [4.78, 5) is 12.7. The minimum Gasteiger partial charge on any atom is -0.385 e. The van der Waals surface area contributed by atoms with Gasteiger partial charge in [-0.25, -0.2) is 4.68 Å². The maximum atomic E-state index is 12.7. The number of benzene rings is 1. The molecule has 3 rings (SSSR count). The van der Waals surface area contributed by atoms with Gasteiger partial charge in [0.2, 0.25) is 0 Å². The zero-order chi connectivity index (χ0) is 18.5. The second kappa shape index (κ2) is 8.01. The predicted molar refractivity (Wildman–Crippen MR) is 102 cm³/mol. The molecule has 0 atom stereocenters. The lowest BCUT2D eigenvalue weighted by molar-refractivity contribution is 0.0941. The Morgan fingerprint density at radius 1 is 1.23 bits per heavy atom. The molecule has 0 aliphatic heterocycles. The summed E-state index contributed by atoms with van der Waals surface area (Å²) in [6, 6.07) is 13.8. The highest BCUT2D eigenvalue weighted by atomic mass is 16.5. The number of hydrogen-bond donors (Lipinski definition) is 1. The fraction of sp³-hybridized carbons (Fsp3) is 0.300. The van der Waals surface area contributed by atoms with Crippen LogP contribution in [0.2, 0.25) is 0 Å². The normalized spacial score (nSPS) is 10.9. The molecular weight excluding hydrogens is 328 g/mol. The van der Waals surface area contributed by atoms with Crippen molar-refractivity contribution in [2.75, 3.05) is 20.3 Å². The molecule has 0 spiro atoms. The molecule has 2 heterocycles. The van der Waals surface area contributed by atoms with Crippen LogP contribution < -0.4 is 5.32 Å². The second-order valence-electron chi connectivity index (χ2n) is 6.27. The Hall–Kier alpha value is -2.86. The molecule has 0 aliphatic carbocycles. The van der Waals surface area contributed by atoms with E-state index in [0.29, 0.717) is 18.8 Å². The van der Waals surface area contributed by atoms with Crippen molar-refractivity contribution in [2.24, 2.45) is 7.05 Å². The second-order valence-corrected chi connectivity index (χ2v) is 6.27. The van der Waals surface area contributed by atoms with Gasteiger partial charge in [-0.2, -0.15) is 5.10 Å². The molecule has 6 heteroatoms. The number of aryl methyl sites for hydroxylation is 2. The van der Waals surface area contributed by atoms with Gasteiger partial charge in [0, 0.05) is 33.5 Å². The average molecular weight is 352 g/mol. The highest BCUT2D eigenvalue weighted by Gasteiger charge is 2.18. The van der Waals surface area contributed by atoms with Crippen molar-refractivity contribution in [3.63, 3.8) is 0 Å². The van der Waals surface area contributed by atoms with Gasteiger partial charge in [0.15, 0.2) is 0 Å². The van der Waals surface area contributed by atoms with Crippen LogP contribution in [0.25, 0.3) is 17.1 Å². The summed E-state index contributed by atoms with van der Waals surface area (Å²) in [5, 5.41) is 7.65. The van der Waals surface area contributed by atoms with Gasteiger partial charge in [-0.1, -0.05) is 12.1 Å². The Bertz CT molecular complexity index is 895. The first-order chi connectivity index (χ1) is 12.6. The van der Waals surface area contributed by atoms with Crippen LogP contribution in [0.4, 0.5) is 0 Å². The van der Waals surface area contributed by atoms with Gasteiger partial charge in [-0.15, -0.1) is 0 Å². The van der Waals surface area contributed by atoms with Crippen molar-refractivity contribution in [2.45, 2.75) is 13.3 Å². The molecule has 0 bridgehead atoms. The monoisotopic (exact) mass is 352 g/mol. The van der Waals surface area contributed by atoms with Gasteiger partial charge in [0.25, 0.3) is 5.91 Å². The zero-order valence-corrected chi connectivity index (χ0v) is 15.4. The molecule has 0 radical (unpaired) electrons. The SMILES string of the molecule is COCCCNC(=O)c1cc(-c2cccn2C)nn1-c1cccc(C)c1. The van der Waals surface area contributed by atoms with Crippen LogP contribution in [0.15, 0.2) is 48.7 Å². The molecule has 1 N–H and O–H groups in total. The predicted octanol–water partition coefficient (Wildman–Crippen LogP) is 2.95. The molecule has 0 unspecified atom stereocenters. The quantitative estimate of drug-likeness (QED) is 0.665. The summed E-state index contributed by atoms with van der Waals surface area (Å²) >= 11 is 0. The van der Waals surface area contributed by atoms with Gasteiger partial charge in [-0.3, -0.25) is 4.79 Å². The number of hydrogen-bond acceptors (Lipinski definition) is 3. The highest BCUT2D eigenvalue weighted by molar-refractivity contribution is 5.94. The van der Waals surface area contributed by atoms with Crippen LogP contribution in [0, 0.1) is 6.92 Å². The van der Waals surface area contributed by atoms with Crippen molar-refractivity contribution >= 4 is 5.91 Å². The smallest absolute Gasteiger partial charge is 0.270 e. The van der Waals surface area contributed by atoms with E-state index in [1.807, 2.05) is 67.2 Å². The van der Waals surface area contributed by atoms with Crippen molar-refractivity contribution in [3.05, 3.63) is 59.9 Å². The topological polar surface area (TPSA) is 61.1 Å². The molecule has 6 nitrogen and oxygen atoms in total. The Balaban J connectivity index is 1.96. The van der Waals surface area contributed by atoms with Crippen LogP contribution in [0.1, 0.15) is 22.5 Å². The number of rotatable bonds is 7. The maximum Gasteiger partial charge on any atom is 0.270 e. The maximum absolute atomic E-state index is 12.7. The van der Waals surface area contributed by atoms with E-state index < -0.39 is 0 Å². The number of nitrogens with zero attached hydrogens (tertiary/aromatic N) is 3. The van der Waals surface area contributed by atoms with E-state index in [1.54, 1.807) is 11.8 Å². The van der Waals surface area contributed by atoms with E-state index in [9.17, 15) is 4.79 Å². The molecule has 26 heavy (non-hydrogen) atoms. The van der Waals surface area contributed by atoms with Crippen LogP contribution in [0.5, 0.6) is 0 Å². The Morgan fingerprint density at radius 2 is 2.08 bits per heavy atom. The van der Waals surface area contributed by atoms with E-state index >= 15 is 0 Å². The summed E-state index contributed by atoms with van der Waals surface area (Å²) in [5.41, 5.74) is 4.23. The molecule has 0 saturated heterocycles. The van der Waals surface area contributed by atoms with Gasteiger partial charge < -0.3 is 14.6 Å². The molecule has 1 amide bonds. The number of carbonyl (C=O) groups excluding carboxylic acids is 1. The van der Waals surface area contributed by atoms with Gasteiger partial charge in [0.1, 0.15) is 11.4 Å². The molecule has 3 aromatic rings. The van der Waals surface area contributed by atoms with Crippen LogP contribution in [-0.2, 0) is 11.8 Å². The summed E-state index contributed by atoms with van der Waals surface area (Å²) in [6.45, 7) is 3.20. The fourth-order valence-corrected chi connectivity index (χ4v) is 2.86. The molecule has 2 aromatic heterocycles. The van der Waals surface area contributed by atoms with Crippen molar-refractivity contribution < 1.29 is 9.53 Å². The molecule has 1 aromatic carbocycles. The fourth-order valence-electron chi connectivity index (χ4n) is 2.86. The lowest BCUT2D eigenvalue weighted by atomic mass is 10.2. The van der Waals surface area contributed by atoms with E-state index in [1.165, 1.54) is 0 Å². The average Bonchev–Trinajstić information content (AvgIpc) is 3.24. The van der Waals surface area contributed by atoms with Crippen molar-refractivity contribution in [1.82, 2.24) is 19.7 Å². The number of aromatic nitrogens is 3. The lowest BCUT2D eigenvalue weighted by Gasteiger charge is -2.09. The van der Waals surface area contributed by atoms with Gasteiger partial charge >= 0.3 is 0 Å². The lowest BCUT2D eigenvalue weighted by Crippen LogP contribution is -2.27. The van der Waals surface area contributed by atoms with Crippen LogP contribution >= 0.6 is 0 Å². The number of nitrogens with one attached hydrogen (secondary N) is 1. The van der Waals surface area contributed by atoms with Gasteiger partial charge in [0.05, 0.1) is 11.4 Å².